The number of hydrogen-bond acceptors (Lipinski definition) is 2. The second-order valence-electron chi connectivity index (χ2n) is 6.72. The quantitative estimate of drug-likeness (QED) is 0.696. The molecule has 1 atom stereocenters. The first kappa shape index (κ1) is 18.6. The lowest BCUT2D eigenvalue weighted by atomic mass is 9.90. The molecule has 3 nitrogen and oxygen atoms in total. The first-order chi connectivity index (χ1) is 12.5. The van der Waals surface area contributed by atoms with Gasteiger partial charge in [0, 0.05) is 11.3 Å². The molecular formula is C20H21ClF2N2O. The Morgan fingerprint density at radius 1 is 1.19 bits per heavy atom. The van der Waals surface area contributed by atoms with Crippen molar-refractivity contribution in [3.8, 4) is 0 Å². The topological polar surface area (TPSA) is 55.1 Å². The fraction of sp³-hybridized carbons (Fsp3) is 0.350. The van der Waals surface area contributed by atoms with E-state index in [1.165, 1.54) is 12.1 Å². The van der Waals surface area contributed by atoms with Crippen molar-refractivity contribution in [2.75, 3.05) is 5.32 Å². The van der Waals surface area contributed by atoms with Crippen LogP contribution in [-0.4, -0.2) is 5.91 Å². The van der Waals surface area contributed by atoms with E-state index in [9.17, 15) is 13.6 Å². The second kappa shape index (κ2) is 8.04. The van der Waals surface area contributed by atoms with E-state index in [-0.39, 0.29) is 22.9 Å². The Morgan fingerprint density at radius 3 is 2.58 bits per heavy atom. The van der Waals surface area contributed by atoms with E-state index < -0.39 is 23.6 Å². The van der Waals surface area contributed by atoms with Crippen LogP contribution >= 0.6 is 11.6 Å². The predicted octanol–water partition coefficient (Wildman–Crippen LogP) is 4.99. The number of carbonyl (C=O) groups excluding carboxylic acids is 1. The summed E-state index contributed by atoms with van der Waals surface area (Å²) in [6.45, 7) is 0. The number of para-hydroxylation sites is 1. The molecule has 0 radical (unpaired) electrons. The minimum Gasteiger partial charge on any atom is -0.377 e. The van der Waals surface area contributed by atoms with E-state index in [1.54, 1.807) is 18.2 Å². The monoisotopic (exact) mass is 378 g/mol. The van der Waals surface area contributed by atoms with Crippen molar-refractivity contribution in [2.24, 2.45) is 11.7 Å². The van der Waals surface area contributed by atoms with Crippen molar-refractivity contribution >= 4 is 23.2 Å². The standard InChI is InChI=1S/C20H21ClF2N2O/c21-14-9-10-15(22)18(19(14)23)20(12-5-1-2-6-12)25-16-8-4-3-7-13(16)11-17(24)26/h3-4,7-10,12,20,25H,1-2,5-6,11H2,(H2,24,26)/t20-/m0/s1. The maximum absolute atomic E-state index is 14.7. The largest absolute Gasteiger partial charge is 0.377 e. The maximum Gasteiger partial charge on any atom is 0.221 e. The zero-order chi connectivity index (χ0) is 18.7. The number of halogens is 3. The predicted molar refractivity (Wildman–Crippen MR) is 99.0 cm³/mol. The Balaban J connectivity index is 2.02. The Hall–Kier alpha value is -2.14. The van der Waals surface area contributed by atoms with Crippen molar-refractivity contribution in [3.05, 3.63) is 64.2 Å². The minimum absolute atomic E-state index is 0.0433. The van der Waals surface area contributed by atoms with Crippen LogP contribution in [0.2, 0.25) is 5.02 Å². The average molecular weight is 379 g/mol. The summed E-state index contributed by atoms with van der Waals surface area (Å²) in [5.74, 6) is -1.73. The lowest BCUT2D eigenvalue weighted by Gasteiger charge is -2.28. The van der Waals surface area contributed by atoms with E-state index in [2.05, 4.69) is 5.32 Å². The van der Waals surface area contributed by atoms with Crippen LogP contribution in [0.3, 0.4) is 0 Å². The van der Waals surface area contributed by atoms with Gasteiger partial charge in [-0.25, -0.2) is 8.78 Å². The van der Waals surface area contributed by atoms with Crippen LogP contribution < -0.4 is 11.1 Å². The SMILES string of the molecule is NC(=O)Cc1ccccc1N[C@H](c1c(F)ccc(Cl)c1F)C1CCCC1. The molecule has 2 aromatic rings. The van der Waals surface area contributed by atoms with Crippen LogP contribution in [0, 0.1) is 17.6 Å². The Bertz CT molecular complexity index is 806. The highest BCUT2D eigenvalue weighted by atomic mass is 35.5. The first-order valence-corrected chi connectivity index (χ1v) is 9.11. The summed E-state index contributed by atoms with van der Waals surface area (Å²) < 4.78 is 29.2. The molecule has 1 aliphatic rings. The van der Waals surface area contributed by atoms with Gasteiger partial charge in [0.2, 0.25) is 5.91 Å². The Kier molecular flexibility index (Phi) is 5.77. The highest BCUT2D eigenvalue weighted by Crippen LogP contribution is 2.41. The van der Waals surface area contributed by atoms with Gasteiger partial charge in [-0.1, -0.05) is 42.6 Å². The lowest BCUT2D eigenvalue weighted by Crippen LogP contribution is -2.23. The molecule has 1 amide bonds. The van der Waals surface area contributed by atoms with Crippen molar-refractivity contribution in [1.82, 2.24) is 0 Å². The van der Waals surface area contributed by atoms with Crippen molar-refractivity contribution in [3.63, 3.8) is 0 Å². The van der Waals surface area contributed by atoms with Gasteiger partial charge in [0.25, 0.3) is 0 Å². The van der Waals surface area contributed by atoms with Crippen LogP contribution in [0.5, 0.6) is 0 Å². The van der Waals surface area contributed by atoms with Crippen LogP contribution in [0.25, 0.3) is 0 Å². The third-order valence-electron chi connectivity index (χ3n) is 4.95. The number of primary amides is 1. The smallest absolute Gasteiger partial charge is 0.221 e. The number of carbonyl (C=O) groups is 1. The van der Waals surface area contributed by atoms with E-state index in [4.69, 9.17) is 17.3 Å². The van der Waals surface area contributed by atoms with Gasteiger partial charge in [0.1, 0.15) is 11.6 Å². The molecule has 1 fully saturated rings. The van der Waals surface area contributed by atoms with Crippen LogP contribution in [0.1, 0.15) is 42.9 Å². The summed E-state index contributed by atoms with van der Waals surface area (Å²) in [4.78, 5) is 11.3. The molecule has 138 valence electrons. The van der Waals surface area contributed by atoms with Crippen molar-refractivity contribution in [1.29, 1.82) is 0 Å². The van der Waals surface area contributed by atoms with Crippen molar-refractivity contribution < 1.29 is 13.6 Å². The van der Waals surface area contributed by atoms with E-state index in [0.29, 0.717) is 11.3 Å². The van der Waals surface area contributed by atoms with Gasteiger partial charge in [-0.2, -0.15) is 0 Å². The van der Waals surface area contributed by atoms with Gasteiger partial charge in [-0.3, -0.25) is 4.79 Å². The number of rotatable bonds is 6. The lowest BCUT2D eigenvalue weighted by molar-refractivity contribution is -0.117. The maximum atomic E-state index is 14.7. The van der Waals surface area contributed by atoms with Crippen LogP contribution in [0.4, 0.5) is 14.5 Å². The molecule has 0 bridgehead atoms. The third-order valence-corrected chi connectivity index (χ3v) is 5.25. The second-order valence-corrected chi connectivity index (χ2v) is 7.13. The molecular weight excluding hydrogens is 358 g/mol. The molecule has 6 heteroatoms. The third kappa shape index (κ3) is 3.98. The fourth-order valence-electron chi connectivity index (χ4n) is 3.71. The van der Waals surface area contributed by atoms with Crippen molar-refractivity contribution in [2.45, 2.75) is 38.1 Å². The number of benzene rings is 2. The molecule has 0 unspecified atom stereocenters. The van der Waals surface area contributed by atoms with Gasteiger partial charge in [0.15, 0.2) is 0 Å². The molecule has 0 aromatic heterocycles. The van der Waals surface area contributed by atoms with Gasteiger partial charge in [0.05, 0.1) is 17.5 Å². The molecule has 2 aromatic carbocycles. The summed E-state index contributed by atoms with van der Waals surface area (Å²) in [6, 6.07) is 9.04. The number of anilines is 1. The number of hydrogen-bond donors (Lipinski definition) is 2. The van der Waals surface area contributed by atoms with Crippen LogP contribution in [-0.2, 0) is 11.2 Å². The molecule has 0 heterocycles. The molecule has 1 saturated carbocycles. The normalized spacial score (nSPS) is 15.8. The van der Waals surface area contributed by atoms with E-state index in [1.807, 2.05) is 6.07 Å². The summed E-state index contributed by atoms with van der Waals surface area (Å²) in [6.07, 6.45) is 3.86. The molecule has 0 spiro atoms. The van der Waals surface area contributed by atoms with Gasteiger partial charge >= 0.3 is 0 Å². The molecule has 0 aliphatic heterocycles. The summed E-state index contributed by atoms with van der Waals surface area (Å²) in [5, 5.41) is 3.17. The summed E-state index contributed by atoms with van der Waals surface area (Å²) in [7, 11) is 0. The Labute approximate surface area is 156 Å². The first-order valence-electron chi connectivity index (χ1n) is 8.73. The highest BCUT2D eigenvalue weighted by Gasteiger charge is 2.32. The number of nitrogens with two attached hydrogens (primary N) is 1. The minimum atomic E-state index is -0.733. The number of amides is 1. The van der Waals surface area contributed by atoms with Gasteiger partial charge in [-0.05, 0) is 42.5 Å². The van der Waals surface area contributed by atoms with Crippen LogP contribution in [0.15, 0.2) is 36.4 Å². The van der Waals surface area contributed by atoms with Gasteiger partial charge in [-0.15, -0.1) is 0 Å². The van der Waals surface area contributed by atoms with E-state index in [0.717, 1.165) is 25.7 Å². The fourth-order valence-corrected chi connectivity index (χ4v) is 3.88. The average Bonchev–Trinajstić information content (AvgIpc) is 3.13. The zero-order valence-electron chi connectivity index (χ0n) is 14.3. The molecule has 26 heavy (non-hydrogen) atoms. The van der Waals surface area contributed by atoms with Gasteiger partial charge < -0.3 is 11.1 Å². The molecule has 3 rings (SSSR count). The highest BCUT2D eigenvalue weighted by molar-refractivity contribution is 6.30. The number of nitrogens with one attached hydrogen (secondary N) is 1. The zero-order valence-corrected chi connectivity index (χ0v) is 15.0. The summed E-state index contributed by atoms with van der Waals surface area (Å²) >= 11 is 5.91. The molecule has 3 N–H and O–H groups in total. The van der Waals surface area contributed by atoms with E-state index >= 15 is 0 Å². The molecule has 0 saturated heterocycles. The Morgan fingerprint density at radius 2 is 1.88 bits per heavy atom. The molecule has 1 aliphatic carbocycles. The summed E-state index contributed by atoms with van der Waals surface area (Å²) in [5.41, 5.74) is 6.63.